The molecule has 21 heavy (non-hydrogen) atoms. The van der Waals surface area contributed by atoms with E-state index in [2.05, 4.69) is 11.9 Å². The molecule has 5 nitrogen and oxygen atoms in total. The monoisotopic (exact) mass is 292 g/mol. The summed E-state index contributed by atoms with van der Waals surface area (Å²) in [6.07, 6.45) is 3.59. The van der Waals surface area contributed by atoms with Gasteiger partial charge in [0.05, 0.1) is 6.61 Å². The molecule has 1 fully saturated rings. The number of likely N-dealkylation sites (N-methyl/N-ethyl adjacent to an activating group) is 1. The molecule has 1 saturated heterocycles. The number of hydrogen-bond donors (Lipinski definition) is 1. The van der Waals surface area contributed by atoms with E-state index in [4.69, 9.17) is 15.2 Å². The number of nitrogens with two attached hydrogens (primary N) is 1. The predicted molar refractivity (Wildman–Crippen MR) is 82.6 cm³/mol. The topological polar surface area (TPSA) is 64.8 Å². The van der Waals surface area contributed by atoms with E-state index in [1.54, 1.807) is 25.1 Å². The van der Waals surface area contributed by atoms with Crippen LogP contribution in [0.3, 0.4) is 0 Å². The highest BCUT2D eigenvalue weighted by Gasteiger charge is 2.21. The lowest BCUT2D eigenvalue weighted by atomic mass is 10.0. The lowest BCUT2D eigenvalue weighted by Crippen LogP contribution is -2.40. The van der Waals surface area contributed by atoms with Crippen LogP contribution in [0.4, 0.5) is 5.69 Å². The molecule has 1 aliphatic heterocycles. The Morgan fingerprint density at radius 1 is 1.43 bits per heavy atom. The third kappa shape index (κ3) is 4.11. The number of nitrogen functional groups attached to an aromatic ring is 1. The molecule has 0 radical (unpaired) electrons. The highest BCUT2D eigenvalue weighted by Crippen LogP contribution is 2.24. The van der Waals surface area contributed by atoms with E-state index in [-0.39, 0.29) is 0 Å². The van der Waals surface area contributed by atoms with Crippen molar-refractivity contribution >= 4 is 11.7 Å². The summed E-state index contributed by atoms with van der Waals surface area (Å²) in [6.45, 7) is 3.79. The number of piperidine rings is 1. The van der Waals surface area contributed by atoms with Crippen LogP contribution in [0.5, 0.6) is 5.75 Å². The molecule has 116 valence electrons. The maximum absolute atomic E-state index is 12.0. The minimum atomic E-state index is -0.392. The number of likely N-dealkylation sites (tertiary alicyclic amines) is 1. The van der Waals surface area contributed by atoms with E-state index in [1.165, 1.54) is 12.8 Å². The SMILES string of the molecule is CCOC(=O)c1cc(N)ccc1OCC1CCCCN1C. The standard InChI is InChI=1S/C16H24N2O3/c1-3-20-16(19)14-10-12(17)7-8-15(14)21-11-13-6-4-5-9-18(13)2/h7-8,10,13H,3-6,9,11,17H2,1-2H3. The fraction of sp³-hybridized carbons (Fsp3) is 0.562. The van der Waals surface area contributed by atoms with Crippen LogP contribution in [0.1, 0.15) is 36.5 Å². The number of anilines is 1. The highest BCUT2D eigenvalue weighted by molar-refractivity contribution is 5.93. The molecule has 1 aromatic rings. The molecule has 0 amide bonds. The Balaban J connectivity index is 2.06. The maximum atomic E-state index is 12.0. The summed E-state index contributed by atoms with van der Waals surface area (Å²) in [5.74, 6) is 0.151. The molecular formula is C16H24N2O3. The molecule has 2 rings (SSSR count). The van der Waals surface area contributed by atoms with Crippen LogP contribution in [0.15, 0.2) is 18.2 Å². The molecule has 1 unspecified atom stereocenters. The van der Waals surface area contributed by atoms with Crippen molar-refractivity contribution in [2.24, 2.45) is 0 Å². The molecule has 0 saturated carbocycles. The smallest absolute Gasteiger partial charge is 0.341 e. The molecule has 1 aromatic carbocycles. The largest absolute Gasteiger partial charge is 0.491 e. The van der Waals surface area contributed by atoms with Crippen molar-refractivity contribution < 1.29 is 14.3 Å². The average molecular weight is 292 g/mol. The number of hydrogen-bond acceptors (Lipinski definition) is 5. The number of ether oxygens (including phenoxy) is 2. The van der Waals surface area contributed by atoms with Gasteiger partial charge < -0.3 is 20.1 Å². The van der Waals surface area contributed by atoms with E-state index in [9.17, 15) is 4.79 Å². The summed E-state index contributed by atoms with van der Waals surface area (Å²) in [7, 11) is 2.11. The van der Waals surface area contributed by atoms with Crippen molar-refractivity contribution in [3.8, 4) is 5.75 Å². The Bertz CT molecular complexity index is 490. The number of nitrogens with zero attached hydrogens (tertiary/aromatic N) is 1. The van der Waals surface area contributed by atoms with Crippen molar-refractivity contribution in [3.63, 3.8) is 0 Å². The van der Waals surface area contributed by atoms with E-state index in [0.717, 1.165) is 13.0 Å². The fourth-order valence-electron chi connectivity index (χ4n) is 2.58. The van der Waals surface area contributed by atoms with Crippen molar-refractivity contribution in [1.29, 1.82) is 0 Å². The van der Waals surface area contributed by atoms with Crippen LogP contribution in [-0.4, -0.2) is 43.7 Å². The van der Waals surface area contributed by atoms with Gasteiger partial charge in [-0.15, -0.1) is 0 Å². The Labute approximate surface area is 126 Å². The van der Waals surface area contributed by atoms with Gasteiger partial charge in [-0.2, -0.15) is 0 Å². The molecule has 5 heteroatoms. The fourth-order valence-corrected chi connectivity index (χ4v) is 2.58. The van der Waals surface area contributed by atoms with Gasteiger partial charge in [0.25, 0.3) is 0 Å². The van der Waals surface area contributed by atoms with E-state index in [0.29, 0.717) is 36.3 Å². The van der Waals surface area contributed by atoms with Crippen LogP contribution < -0.4 is 10.5 Å². The Morgan fingerprint density at radius 3 is 2.95 bits per heavy atom. The summed E-state index contributed by atoms with van der Waals surface area (Å²) in [5, 5.41) is 0. The van der Waals surface area contributed by atoms with Crippen molar-refractivity contribution in [3.05, 3.63) is 23.8 Å². The Morgan fingerprint density at radius 2 is 2.24 bits per heavy atom. The van der Waals surface area contributed by atoms with Gasteiger partial charge >= 0.3 is 5.97 Å². The predicted octanol–water partition coefficient (Wildman–Crippen LogP) is 2.31. The average Bonchev–Trinajstić information content (AvgIpc) is 2.47. The summed E-state index contributed by atoms with van der Waals surface area (Å²) in [5.41, 5.74) is 6.68. The summed E-state index contributed by atoms with van der Waals surface area (Å²) >= 11 is 0. The first-order chi connectivity index (χ1) is 10.1. The zero-order valence-electron chi connectivity index (χ0n) is 12.8. The van der Waals surface area contributed by atoms with Crippen LogP contribution in [-0.2, 0) is 4.74 Å². The highest BCUT2D eigenvalue weighted by atomic mass is 16.5. The zero-order valence-corrected chi connectivity index (χ0v) is 12.8. The molecule has 0 aromatic heterocycles. The molecule has 2 N–H and O–H groups in total. The second kappa shape index (κ2) is 7.31. The normalized spacial score (nSPS) is 19.2. The lowest BCUT2D eigenvalue weighted by Gasteiger charge is -2.32. The Kier molecular flexibility index (Phi) is 5.44. The van der Waals surface area contributed by atoms with Crippen LogP contribution in [0.25, 0.3) is 0 Å². The second-order valence-corrected chi connectivity index (χ2v) is 5.42. The van der Waals surface area contributed by atoms with Gasteiger partial charge in [0.2, 0.25) is 0 Å². The van der Waals surface area contributed by atoms with Gasteiger partial charge in [0.15, 0.2) is 0 Å². The maximum Gasteiger partial charge on any atom is 0.341 e. The molecule has 0 spiro atoms. The lowest BCUT2D eigenvalue weighted by molar-refractivity contribution is 0.0518. The zero-order chi connectivity index (χ0) is 15.2. The number of carbonyl (C=O) groups is 1. The molecule has 0 aliphatic carbocycles. The summed E-state index contributed by atoms with van der Waals surface area (Å²) in [4.78, 5) is 14.3. The number of benzene rings is 1. The van der Waals surface area contributed by atoms with E-state index in [1.807, 2.05) is 0 Å². The van der Waals surface area contributed by atoms with Gasteiger partial charge in [0.1, 0.15) is 17.9 Å². The summed E-state index contributed by atoms with van der Waals surface area (Å²) < 4.78 is 10.9. The van der Waals surface area contributed by atoms with Gasteiger partial charge in [-0.25, -0.2) is 4.79 Å². The first-order valence-electron chi connectivity index (χ1n) is 7.51. The first kappa shape index (κ1) is 15.6. The van der Waals surface area contributed by atoms with Gasteiger partial charge in [-0.3, -0.25) is 0 Å². The number of esters is 1. The first-order valence-corrected chi connectivity index (χ1v) is 7.51. The number of carbonyl (C=O) groups excluding carboxylic acids is 1. The van der Waals surface area contributed by atoms with E-state index < -0.39 is 5.97 Å². The molecule has 1 atom stereocenters. The van der Waals surface area contributed by atoms with Gasteiger partial charge in [-0.1, -0.05) is 6.42 Å². The third-order valence-corrected chi connectivity index (χ3v) is 3.85. The van der Waals surface area contributed by atoms with Crippen LogP contribution >= 0.6 is 0 Å². The Hall–Kier alpha value is -1.75. The van der Waals surface area contributed by atoms with Crippen molar-refractivity contribution in [1.82, 2.24) is 4.90 Å². The van der Waals surface area contributed by atoms with Crippen molar-refractivity contribution in [2.45, 2.75) is 32.2 Å². The third-order valence-electron chi connectivity index (χ3n) is 3.85. The second-order valence-electron chi connectivity index (χ2n) is 5.42. The molecular weight excluding hydrogens is 268 g/mol. The minimum Gasteiger partial charge on any atom is -0.491 e. The van der Waals surface area contributed by atoms with Crippen LogP contribution in [0.2, 0.25) is 0 Å². The van der Waals surface area contributed by atoms with E-state index >= 15 is 0 Å². The van der Waals surface area contributed by atoms with Crippen molar-refractivity contribution in [2.75, 3.05) is 32.5 Å². The van der Waals surface area contributed by atoms with Crippen LogP contribution in [0, 0.1) is 0 Å². The molecule has 1 heterocycles. The van der Waals surface area contributed by atoms with Gasteiger partial charge in [0, 0.05) is 11.7 Å². The summed E-state index contributed by atoms with van der Waals surface area (Å²) in [6, 6.07) is 5.48. The number of rotatable bonds is 5. The van der Waals surface area contributed by atoms with Gasteiger partial charge in [-0.05, 0) is 51.6 Å². The minimum absolute atomic E-state index is 0.332. The molecule has 1 aliphatic rings. The quantitative estimate of drug-likeness (QED) is 0.666. The molecule has 0 bridgehead atoms.